The van der Waals surface area contributed by atoms with E-state index in [4.69, 9.17) is 0 Å². The number of nitrogens with zero attached hydrogens (tertiary/aromatic N) is 2. The largest absolute Gasteiger partial charge is 0.347 e. The van der Waals surface area contributed by atoms with Crippen molar-refractivity contribution in [2.45, 2.75) is 39.2 Å². The highest BCUT2D eigenvalue weighted by molar-refractivity contribution is 5.97. The van der Waals surface area contributed by atoms with Crippen LogP contribution in [0.2, 0.25) is 0 Å². The number of rotatable bonds is 2. The lowest BCUT2D eigenvalue weighted by Gasteiger charge is -2.33. The van der Waals surface area contributed by atoms with E-state index in [2.05, 4.69) is 13.0 Å². The van der Waals surface area contributed by atoms with Crippen LogP contribution in [0.1, 0.15) is 42.1 Å². The van der Waals surface area contributed by atoms with E-state index in [-0.39, 0.29) is 11.8 Å². The molecule has 1 atom stereocenters. The van der Waals surface area contributed by atoms with E-state index >= 15 is 0 Å². The number of likely N-dealkylation sites (N-methyl/N-ethyl adjacent to an activating group) is 1. The number of carbonyl (C=O) groups is 2. The van der Waals surface area contributed by atoms with Crippen LogP contribution >= 0.6 is 0 Å². The zero-order valence-corrected chi connectivity index (χ0v) is 14.5. The second-order valence-corrected chi connectivity index (χ2v) is 6.50. The molecule has 1 aliphatic rings. The summed E-state index contributed by atoms with van der Waals surface area (Å²) in [6.45, 7) is 4.70. The number of hydrogen-bond acceptors (Lipinski definition) is 2. The maximum atomic E-state index is 12.9. The molecule has 1 unspecified atom stereocenters. The van der Waals surface area contributed by atoms with Gasteiger partial charge in [0.05, 0.1) is 0 Å². The average Bonchev–Trinajstić information content (AvgIpc) is 2.50. The molecule has 2 amide bonds. The zero-order valence-electron chi connectivity index (χ0n) is 14.5. The van der Waals surface area contributed by atoms with E-state index in [0.717, 1.165) is 18.4 Å². The molecule has 0 saturated carbocycles. The van der Waals surface area contributed by atoms with Gasteiger partial charge in [-0.2, -0.15) is 0 Å². The van der Waals surface area contributed by atoms with E-state index in [1.165, 1.54) is 5.57 Å². The molecular formula is C19H26N2O2. The molecule has 2 rings (SSSR count). The second-order valence-electron chi connectivity index (χ2n) is 6.50. The average molecular weight is 314 g/mol. The molecule has 23 heavy (non-hydrogen) atoms. The van der Waals surface area contributed by atoms with E-state index in [0.29, 0.717) is 18.5 Å². The molecule has 1 heterocycles. The van der Waals surface area contributed by atoms with Crippen molar-refractivity contribution in [1.82, 2.24) is 9.80 Å². The van der Waals surface area contributed by atoms with Gasteiger partial charge in [-0.1, -0.05) is 29.3 Å². The Morgan fingerprint density at radius 3 is 2.39 bits per heavy atom. The molecule has 0 N–H and O–H groups in total. The number of carbonyl (C=O) groups excluding carboxylic acids is 2. The van der Waals surface area contributed by atoms with E-state index in [1.54, 1.807) is 23.9 Å². The normalized spacial score (nSPS) is 21.0. The van der Waals surface area contributed by atoms with Crippen LogP contribution in [-0.2, 0) is 4.79 Å². The molecule has 0 aromatic heterocycles. The van der Waals surface area contributed by atoms with Gasteiger partial charge in [-0.05, 0) is 45.2 Å². The van der Waals surface area contributed by atoms with E-state index < -0.39 is 6.04 Å². The van der Waals surface area contributed by atoms with Crippen LogP contribution in [0.3, 0.4) is 0 Å². The van der Waals surface area contributed by atoms with Gasteiger partial charge in [0.2, 0.25) is 5.91 Å². The molecular weight excluding hydrogens is 288 g/mol. The lowest BCUT2D eigenvalue weighted by Crippen LogP contribution is -2.49. The Kier molecular flexibility index (Phi) is 5.59. The van der Waals surface area contributed by atoms with Gasteiger partial charge in [0.25, 0.3) is 5.91 Å². The van der Waals surface area contributed by atoms with Crippen molar-refractivity contribution in [2.75, 3.05) is 20.6 Å². The summed E-state index contributed by atoms with van der Waals surface area (Å²) in [5.41, 5.74) is 3.06. The SMILES string of the molecule is C/C1=C\CC(C(=O)N(C)C)N(C(=O)c2ccc(C)cc2)CCC1. The lowest BCUT2D eigenvalue weighted by atomic mass is 10.0. The molecule has 0 spiro atoms. The highest BCUT2D eigenvalue weighted by atomic mass is 16.2. The molecule has 1 aromatic rings. The molecule has 0 saturated heterocycles. The van der Waals surface area contributed by atoms with Gasteiger partial charge in [-0.3, -0.25) is 9.59 Å². The summed E-state index contributed by atoms with van der Waals surface area (Å²) in [5, 5.41) is 0. The van der Waals surface area contributed by atoms with E-state index in [1.807, 2.05) is 31.2 Å². The fourth-order valence-corrected chi connectivity index (χ4v) is 2.86. The molecule has 4 nitrogen and oxygen atoms in total. The number of amides is 2. The first-order chi connectivity index (χ1) is 10.9. The quantitative estimate of drug-likeness (QED) is 0.787. The van der Waals surface area contributed by atoms with E-state index in [9.17, 15) is 9.59 Å². The third-order valence-electron chi connectivity index (χ3n) is 4.32. The van der Waals surface area contributed by atoms with Crippen LogP contribution in [0, 0.1) is 6.92 Å². The zero-order chi connectivity index (χ0) is 17.0. The highest BCUT2D eigenvalue weighted by Gasteiger charge is 2.31. The number of aryl methyl sites for hydroxylation is 1. The van der Waals surface area contributed by atoms with Crippen molar-refractivity contribution in [3.8, 4) is 0 Å². The van der Waals surface area contributed by atoms with Crippen molar-refractivity contribution in [3.05, 3.63) is 47.0 Å². The van der Waals surface area contributed by atoms with Crippen molar-refractivity contribution >= 4 is 11.8 Å². The topological polar surface area (TPSA) is 40.6 Å². The summed E-state index contributed by atoms with van der Waals surface area (Å²) in [6.07, 6.45) is 4.54. The van der Waals surface area contributed by atoms with Gasteiger partial charge in [0.15, 0.2) is 0 Å². The summed E-state index contributed by atoms with van der Waals surface area (Å²) >= 11 is 0. The molecule has 0 bridgehead atoms. The first kappa shape index (κ1) is 17.3. The summed E-state index contributed by atoms with van der Waals surface area (Å²) in [4.78, 5) is 28.8. The van der Waals surface area contributed by atoms with Crippen LogP contribution in [0.25, 0.3) is 0 Å². The maximum Gasteiger partial charge on any atom is 0.254 e. The molecule has 124 valence electrons. The predicted molar refractivity (Wildman–Crippen MR) is 92.3 cm³/mol. The van der Waals surface area contributed by atoms with Crippen LogP contribution in [0.5, 0.6) is 0 Å². The van der Waals surface area contributed by atoms with Crippen molar-refractivity contribution in [3.63, 3.8) is 0 Å². The van der Waals surface area contributed by atoms with Gasteiger partial charge in [-0.25, -0.2) is 0 Å². The highest BCUT2D eigenvalue weighted by Crippen LogP contribution is 2.20. The minimum atomic E-state index is -0.422. The Balaban J connectivity index is 2.32. The minimum Gasteiger partial charge on any atom is -0.347 e. The molecule has 0 fully saturated rings. The molecule has 4 heteroatoms. The van der Waals surface area contributed by atoms with Gasteiger partial charge in [0.1, 0.15) is 6.04 Å². The maximum absolute atomic E-state index is 12.9. The Labute approximate surface area is 138 Å². The minimum absolute atomic E-state index is 0.0172. The van der Waals surface area contributed by atoms with Crippen molar-refractivity contribution in [1.29, 1.82) is 0 Å². The lowest BCUT2D eigenvalue weighted by molar-refractivity contribution is -0.133. The van der Waals surface area contributed by atoms with Gasteiger partial charge < -0.3 is 9.80 Å². The Bertz CT molecular complexity index is 602. The fraction of sp³-hybridized carbons (Fsp3) is 0.474. The monoisotopic (exact) mass is 314 g/mol. The number of allylic oxidation sites excluding steroid dienone is 1. The fourth-order valence-electron chi connectivity index (χ4n) is 2.86. The van der Waals surface area contributed by atoms with Gasteiger partial charge in [0, 0.05) is 26.2 Å². The first-order valence-electron chi connectivity index (χ1n) is 8.14. The predicted octanol–water partition coefficient (Wildman–Crippen LogP) is 3.02. The number of hydrogen-bond donors (Lipinski definition) is 0. The summed E-state index contributed by atoms with van der Waals surface area (Å²) < 4.78 is 0. The molecule has 1 aliphatic heterocycles. The Hall–Kier alpha value is -2.10. The summed E-state index contributed by atoms with van der Waals surface area (Å²) in [6, 6.07) is 7.13. The van der Waals surface area contributed by atoms with Crippen LogP contribution in [0.15, 0.2) is 35.9 Å². The first-order valence-corrected chi connectivity index (χ1v) is 8.14. The van der Waals surface area contributed by atoms with Crippen molar-refractivity contribution < 1.29 is 9.59 Å². The summed E-state index contributed by atoms with van der Waals surface area (Å²) in [7, 11) is 3.48. The molecule has 0 radical (unpaired) electrons. The molecule has 0 aliphatic carbocycles. The van der Waals surface area contributed by atoms with Gasteiger partial charge in [-0.15, -0.1) is 0 Å². The Morgan fingerprint density at radius 1 is 1.13 bits per heavy atom. The third-order valence-corrected chi connectivity index (χ3v) is 4.32. The van der Waals surface area contributed by atoms with Crippen LogP contribution in [0.4, 0.5) is 0 Å². The summed E-state index contributed by atoms with van der Waals surface area (Å²) in [5.74, 6) is -0.0745. The smallest absolute Gasteiger partial charge is 0.254 e. The van der Waals surface area contributed by atoms with Gasteiger partial charge >= 0.3 is 0 Å². The Morgan fingerprint density at radius 2 is 1.78 bits per heavy atom. The van der Waals surface area contributed by atoms with Crippen molar-refractivity contribution in [2.24, 2.45) is 0 Å². The third kappa shape index (κ3) is 4.21. The number of benzene rings is 1. The molecule has 1 aromatic carbocycles. The van der Waals surface area contributed by atoms with Crippen LogP contribution in [-0.4, -0.2) is 48.3 Å². The second kappa shape index (κ2) is 7.44. The standard InChI is InChI=1S/C19H26N2O2/c1-14-6-5-13-21(17(12-9-14)19(23)20(3)4)18(22)16-10-7-15(2)8-11-16/h7-11,17H,5-6,12-13H2,1-4H3/b14-9+. The van der Waals surface area contributed by atoms with Crippen LogP contribution < -0.4 is 0 Å².